The van der Waals surface area contributed by atoms with E-state index in [0.717, 1.165) is 28.3 Å². The maximum absolute atomic E-state index is 4.58. The molecule has 4 rings (SSSR count). The van der Waals surface area contributed by atoms with Gasteiger partial charge in [-0.2, -0.15) is 0 Å². The van der Waals surface area contributed by atoms with Gasteiger partial charge in [0.15, 0.2) is 4.96 Å². The third-order valence-electron chi connectivity index (χ3n) is 3.69. The van der Waals surface area contributed by atoms with Crippen LogP contribution in [0, 0.1) is 6.92 Å². The van der Waals surface area contributed by atoms with Crippen molar-refractivity contribution in [3.63, 3.8) is 0 Å². The summed E-state index contributed by atoms with van der Waals surface area (Å²) in [5.74, 6) is 0. The van der Waals surface area contributed by atoms with Gasteiger partial charge in [0.2, 0.25) is 0 Å². The van der Waals surface area contributed by atoms with Crippen LogP contribution in [-0.4, -0.2) is 14.4 Å². The molecule has 5 heteroatoms. The minimum atomic E-state index is 0.755. The first kappa shape index (κ1) is 12.3. The van der Waals surface area contributed by atoms with E-state index in [4.69, 9.17) is 0 Å². The summed E-state index contributed by atoms with van der Waals surface area (Å²) in [6, 6.07) is 8.27. The monoisotopic (exact) mass is 294 g/mol. The molecular formula is C16H14N4S. The van der Waals surface area contributed by atoms with E-state index < -0.39 is 0 Å². The Morgan fingerprint density at radius 1 is 1.29 bits per heavy atom. The summed E-state index contributed by atoms with van der Waals surface area (Å²) in [6.07, 6.45) is 5.79. The Balaban J connectivity index is 1.69. The van der Waals surface area contributed by atoms with E-state index in [-0.39, 0.29) is 0 Å². The minimum absolute atomic E-state index is 0.755. The highest BCUT2D eigenvalue weighted by molar-refractivity contribution is 7.15. The maximum Gasteiger partial charge on any atom is 0.194 e. The number of pyridine rings is 1. The predicted molar refractivity (Wildman–Crippen MR) is 86.9 cm³/mol. The average Bonchev–Trinajstić information content (AvgIpc) is 3.06. The molecule has 0 radical (unpaired) electrons. The summed E-state index contributed by atoms with van der Waals surface area (Å²) < 4.78 is 2.15. The molecule has 0 saturated carbocycles. The molecule has 1 N–H and O–H groups in total. The lowest BCUT2D eigenvalue weighted by Crippen LogP contribution is -2.03. The molecule has 4 aromatic rings. The van der Waals surface area contributed by atoms with Crippen LogP contribution in [0.5, 0.6) is 0 Å². The van der Waals surface area contributed by atoms with Gasteiger partial charge in [-0.1, -0.05) is 12.1 Å². The van der Waals surface area contributed by atoms with Crippen LogP contribution < -0.4 is 5.32 Å². The largest absolute Gasteiger partial charge is 0.379 e. The van der Waals surface area contributed by atoms with Crippen LogP contribution in [0.15, 0.2) is 48.2 Å². The first-order valence-electron chi connectivity index (χ1n) is 6.80. The highest BCUT2D eigenvalue weighted by Gasteiger charge is 2.09. The molecule has 3 aromatic heterocycles. The van der Waals surface area contributed by atoms with Crippen molar-refractivity contribution in [1.82, 2.24) is 14.4 Å². The smallest absolute Gasteiger partial charge is 0.194 e. The number of thiazole rings is 1. The van der Waals surface area contributed by atoms with Crippen LogP contribution in [-0.2, 0) is 6.54 Å². The first-order chi connectivity index (χ1) is 10.3. The van der Waals surface area contributed by atoms with E-state index in [9.17, 15) is 0 Å². The molecule has 0 spiro atoms. The fourth-order valence-electron chi connectivity index (χ4n) is 2.61. The lowest BCUT2D eigenvalue weighted by molar-refractivity contribution is 0.996. The van der Waals surface area contributed by atoms with E-state index in [1.54, 1.807) is 11.3 Å². The first-order valence-corrected chi connectivity index (χ1v) is 7.68. The number of aromatic nitrogens is 3. The van der Waals surface area contributed by atoms with E-state index in [1.807, 2.05) is 18.5 Å². The van der Waals surface area contributed by atoms with Crippen LogP contribution in [0.1, 0.15) is 11.4 Å². The molecule has 0 aliphatic rings. The molecule has 0 bridgehead atoms. The van der Waals surface area contributed by atoms with Gasteiger partial charge in [-0.15, -0.1) is 11.3 Å². The lowest BCUT2D eigenvalue weighted by atomic mass is 10.1. The second-order valence-electron chi connectivity index (χ2n) is 4.96. The van der Waals surface area contributed by atoms with E-state index in [2.05, 4.69) is 56.4 Å². The van der Waals surface area contributed by atoms with E-state index >= 15 is 0 Å². The van der Waals surface area contributed by atoms with E-state index in [0.29, 0.717) is 0 Å². The standard InChI is InChI=1S/C16H14N4S/c1-11-15(20-7-8-21-16(20)19-11)10-18-14-4-2-3-12-9-17-6-5-13(12)14/h2-9,18H,10H2,1H3. The Morgan fingerprint density at radius 3 is 3.19 bits per heavy atom. The van der Waals surface area contributed by atoms with Crippen molar-refractivity contribution >= 4 is 32.8 Å². The lowest BCUT2D eigenvalue weighted by Gasteiger charge is -2.09. The minimum Gasteiger partial charge on any atom is -0.379 e. The highest BCUT2D eigenvalue weighted by atomic mass is 32.1. The highest BCUT2D eigenvalue weighted by Crippen LogP contribution is 2.24. The third kappa shape index (κ3) is 2.06. The fraction of sp³-hybridized carbons (Fsp3) is 0.125. The zero-order valence-electron chi connectivity index (χ0n) is 11.6. The summed E-state index contributed by atoms with van der Waals surface area (Å²) in [4.78, 5) is 9.80. The molecule has 0 saturated heterocycles. The topological polar surface area (TPSA) is 42.2 Å². The Hall–Kier alpha value is -2.40. The van der Waals surface area contributed by atoms with Gasteiger partial charge in [0.1, 0.15) is 0 Å². The van der Waals surface area contributed by atoms with Gasteiger partial charge in [-0.25, -0.2) is 4.98 Å². The number of rotatable bonds is 3. The molecule has 1 aromatic carbocycles. The van der Waals surface area contributed by atoms with Gasteiger partial charge in [-0.3, -0.25) is 9.38 Å². The zero-order valence-corrected chi connectivity index (χ0v) is 12.4. The maximum atomic E-state index is 4.58. The number of hydrogen-bond acceptors (Lipinski definition) is 4. The van der Waals surface area contributed by atoms with Gasteiger partial charge in [0.25, 0.3) is 0 Å². The number of nitrogens with zero attached hydrogens (tertiary/aromatic N) is 3. The van der Waals surface area contributed by atoms with Gasteiger partial charge in [0.05, 0.1) is 17.9 Å². The summed E-state index contributed by atoms with van der Waals surface area (Å²) in [5, 5.41) is 7.93. The summed E-state index contributed by atoms with van der Waals surface area (Å²) in [7, 11) is 0. The van der Waals surface area contributed by atoms with Crippen molar-refractivity contribution in [1.29, 1.82) is 0 Å². The second kappa shape index (κ2) is 4.86. The SMILES string of the molecule is Cc1nc2sccn2c1CNc1cccc2cnccc12. The average molecular weight is 294 g/mol. The molecule has 4 nitrogen and oxygen atoms in total. The van der Waals surface area contributed by atoms with Crippen LogP contribution in [0.4, 0.5) is 5.69 Å². The quantitative estimate of drug-likeness (QED) is 0.624. The molecule has 104 valence electrons. The van der Waals surface area contributed by atoms with Crippen LogP contribution in [0.2, 0.25) is 0 Å². The number of fused-ring (bicyclic) bond motifs is 2. The van der Waals surface area contributed by atoms with Crippen molar-refractivity contribution in [2.45, 2.75) is 13.5 Å². The number of aryl methyl sites for hydroxylation is 1. The fourth-order valence-corrected chi connectivity index (χ4v) is 3.39. The molecule has 0 atom stereocenters. The van der Waals surface area contributed by atoms with Crippen LogP contribution in [0.3, 0.4) is 0 Å². The van der Waals surface area contributed by atoms with Crippen molar-refractivity contribution in [2.24, 2.45) is 0 Å². The molecule has 0 amide bonds. The summed E-state index contributed by atoms with van der Waals surface area (Å²) >= 11 is 1.66. The Bertz CT molecular complexity index is 917. The van der Waals surface area contributed by atoms with Gasteiger partial charge in [0, 0.05) is 40.4 Å². The normalized spacial score (nSPS) is 11.3. The summed E-state index contributed by atoms with van der Waals surface area (Å²) in [6.45, 7) is 2.81. The van der Waals surface area contributed by atoms with Gasteiger partial charge in [-0.05, 0) is 19.1 Å². The zero-order chi connectivity index (χ0) is 14.2. The Kier molecular flexibility index (Phi) is 2.86. The third-order valence-corrected chi connectivity index (χ3v) is 4.44. The Morgan fingerprint density at radius 2 is 2.24 bits per heavy atom. The van der Waals surface area contributed by atoms with Crippen molar-refractivity contribution in [3.8, 4) is 0 Å². The Labute approximate surface area is 126 Å². The molecule has 21 heavy (non-hydrogen) atoms. The van der Waals surface area contributed by atoms with Gasteiger partial charge < -0.3 is 5.32 Å². The predicted octanol–water partition coefficient (Wildman–Crippen LogP) is 3.86. The van der Waals surface area contributed by atoms with E-state index in [1.165, 1.54) is 11.1 Å². The van der Waals surface area contributed by atoms with Gasteiger partial charge >= 0.3 is 0 Å². The van der Waals surface area contributed by atoms with Crippen molar-refractivity contribution in [3.05, 3.63) is 59.6 Å². The molecule has 0 unspecified atom stereocenters. The number of nitrogens with one attached hydrogen (secondary N) is 1. The second-order valence-corrected chi connectivity index (χ2v) is 5.83. The number of hydrogen-bond donors (Lipinski definition) is 1. The molecule has 0 aliphatic heterocycles. The molecule has 0 aliphatic carbocycles. The molecular weight excluding hydrogens is 280 g/mol. The van der Waals surface area contributed by atoms with Crippen LogP contribution in [0.25, 0.3) is 15.7 Å². The molecule has 3 heterocycles. The number of benzene rings is 1. The number of anilines is 1. The van der Waals surface area contributed by atoms with Crippen molar-refractivity contribution in [2.75, 3.05) is 5.32 Å². The molecule has 0 fully saturated rings. The number of imidazole rings is 1. The van der Waals surface area contributed by atoms with Crippen LogP contribution >= 0.6 is 11.3 Å². The van der Waals surface area contributed by atoms with Crippen molar-refractivity contribution < 1.29 is 0 Å². The summed E-state index contributed by atoms with van der Waals surface area (Å²) in [5.41, 5.74) is 3.41.